The molecule has 6 nitrogen and oxygen atoms in total. The number of aryl methyl sites for hydroxylation is 2. The van der Waals surface area contributed by atoms with Gasteiger partial charge in [0, 0.05) is 36.4 Å². The third kappa shape index (κ3) is 3.41. The molecule has 6 heteroatoms. The van der Waals surface area contributed by atoms with Gasteiger partial charge >= 0.3 is 0 Å². The van der Waals surface area contributed by atoms with Crippen LogP contribution in [-0.4, -0.2) is 24.9 Å². The first-order valence-corrected chi connectivity index (χ1v) is 6.98. The Bertz CT molecular complexity index is 755. The number of aromatic nitrogens is 5. The quantitative estimate of drug-likeness (QED) is 0.796. The summed E-state index contributed by atoms with van der Waals surface area (Å²) in [5, 5.41) is 3.23. The molecule has 110 valence electrons. The summed E-state index contributed by atoms with van der Waals surface area (Å²) >= 11 is 0. The molecule has 0 atom stereocenters. The monoisotopic (exact) mass is 292 g/mol. The van der Waals surface area contributed by atoms with Crippen LogP contribution in [0, 0.1) is 13.8 Å². The largest absolute Gasteiger partial charge is 0.363 e. The fourth-order valence-corrected chi connectivity index (χ4v) is 2.00. The van der Waals surface area contributed by atoms with Gasteiger partial charge in [-0.05, 0) is 31.5 Å². The highest BCUT2D eigenvalue weighted by Crippen LogP contribution is 2.18. The SMILES string of the molecule is Cc1cnc(CNc2cc(-c3cccnc3)nc(C)n2)nc1. The van der Waals surface area contributed by atoms with E-state index in [0.29, 0.717) is 12.4 Å². The maximum Gasteiger partial charge on any atom is 0.147 e. The second-order valence-electron chi connectivity index (χ2n) is 4.96. The first-order valence-electron chi connectivity index (χ1n) is 6.98. The molecule has 22 heavy (non-hydrogen) atoms. The topological polar surface area (TPSA) is 76.5 Å². The first-order chi connectivity index (χ1) is 10.7. The van der Waals surface area contributed by atoms with Crippen molar-refractivity contribution in [3.63, 3.8) is 0 Å². The number of anilines is 1. The predicted molar refractivity (Wildman–Crippen MR) is 84.1 cm³/mol. The maximum atomic E-state index is 4.45. The Morgan fingerprint density at radius 1 is 1.05 bits per heavy atom. The van der Waals surface area contributed by atoms with E-state index in [0.717, 1.165) is 28.5 Å². The molecule has 0 aromatic carbocycles. The van der Waals surface area contributed by atoms with E-state index in [1.807, 2.05) is 32.0 Å². The Balaban J connectivity index is 1.79. The molecule has 0 bridgehead atoms. The lowest BCUT2D eigenvalue weighted by molar-refractivity contribution is 0.924. The van der Waals surface area contributed by atoms with Crippen LogP contribution in [0.3, 0.4) is 0 Å². The maximum absolute atomic E-state index is 4.45. The van der Waals surface area contributed by atoms with Crippen LogP contribution >= 0.6 is 0 Å². The number of hydrogen-bond donors (Lipinski definition) is 1. The Morgan fingerprint density at radius 3 is 2.59 bits per heavy atom. The number of hydrogen-bond acceptors (Lipinski definition) is 6. The molecule has 0 unspecified atom stereocenters. The molecule has 0 aliphatic rings. The molecule has 3 heterocycles. The number of rotatable bonds is 4. The summed E-state index contributed by atoms with van der Waals surface area (Å²) in [6.45, 7) is 4.35. The van der Waals surface area contributed by atoms with E-state index in [1.54, 1.807) is 24.8 Å². The summed E-state index contributed by atoms with van der Waals surface area (Å²) in [6.07, 6.45) is 7.13. The number of nitrogens with zero attached hydrogens (tertiary/aromatic N) is 5. The summed E-state index contributed by atoms with van der Waals surface area (Å²) in [6, 6.07) is 5.76. The van der Waals surface area contributed by atoms with Gasteiger partial charge in [-0.2, -0.15) is 0 Å². The third-order valence-electron chi connectivity index (χ3n) is 3.06. The van der Waals surface area contributed by atoms with Crippen LogP contribution in [0.15, 0.2) is 43.0 Å². The highest BCUT2D eigenvalue weighted by Gasteiger charge is 2.05. The summed E-state index contributed by atoms with van der Waals surface area (Å²) < 4.78 is 0. The van der Waals surface area contributed by atoms with Gasteiger partial charge in [-0.3, -0.25) is 4.98 Å². The minimum absolute atomic E-state index is 0.517. The van der Waals surface area contributed by atoms with Gasteiger partial charge in [0.15, 0.2) is 0 Å². The van der Waals surface area contributed by atoms with Crippen molar-refractivity contribution in [2.75, 3.05) is 5.32 Å². The standard InChI is InChI=1S/C16H16N6/c1-11-7-18-16(19-8-11)10-20-15-6-14(21-12(2)22-15)13-4-3-5-17-9-13/h3-9H,10H2,1-2H3,(H,20,21,22). The van der Waals surface area contributed by atoms with E-state index in [1.165, 1.54) is 0 Å². The van der Waals surface area contributed by atoms with E-state index in [2.05, 4.69) is 30.2 Å². The Morgan fingerprint density at radius 2 is 1.86 bits per heavy atom. The van der Waals surface area contributed by atoms with E-state index < -0.39 is 0 Å². The lowest BCUT2D eigenvalue weighted by atomic mass is 10.2. The lowest BCUT2D eigenvalue weighted by Gasteiger charge is -2.08. The highest BCUT2D eigenvalue weighted by molar-refractivity contribution is 5.61. The second-order valence-corrected chi connectivity index (χ2v) is 4.96. The van der Waals surface area contributed by atoms with Crippen molar-refractivity contribution in [3.05, 3.63) is 60.2 Å². The molecule has 3 aromatic heterocycles. The molecular weight excluding hydrogens is 276 g/mol. The fourth-order valence-electron chi connectivity index (χ4n) is 2.00. The van der Waals surface area contributed by atoms with Crippen molar-refractivity contribution >= 4 is 5.82 Å². The normalized spacial score (nSPS) is 10.5. The molecule has 0 aliphatic carbocycles. The molecule has 0 fully saturated rings. The second kappa shape index (κ2) is 6.26. The van der Waals surface area contributed by atoms with Crippen LogP contribution in [-0.2, 0) is 6.54 Å². The molecule has 0 radical (unpaired) electrons. The molecule has 3 aromatic rings. The van der Waals surface area contributed by atoms with E-state index in [-0.39, 0.29) is 0 Å². The van der Waals surface area contributed by atoms with Crippen LogP contribution in [0.1, 0.15) is 17.2 Å². The highest BCUT2D eigenvalue weighted by atomic mass is 15.0. The van der Waals surface area contributed by atoms with Crippen LogP contribution in [0.4, 0.5) is 5.82 Å². The Kier molecular flexibility index (Phi) is 4.00. The summed E-state index contributed by atoms with van der Waals surface area (Å²) in [4.78, 5) is 21.5. The molecule has 0 aliphatic heterocycles. The molecule has 3 rings (SSSR count). The smallest absolute Gasteiger partial charge is 0.147 e. The molecular formula is C16H16N6. The van der Waals surface area contributed by atoms with E-state index in [4.69, 9.17) is 0 Å². The zero-order chi connectivity index (χ0) is 15.4. The zero-order valence-electron chi connectivity index (χ0n) is 12.5. The van der Waals surface area contributed by atoms with Crippen molar-refractivity contribution in [1.82, 2.24) is 24.9 Å². The first kappa shape index (κ1) is 14.1. The Labute approximate surface area is 128 Å². The minimum Gasteiger partial charge on any atom is -0.363 e. The third-order valence-corrected chi connectivity index (χ3v) is 3.06. The summed E-state index contributed by atoms with van der Waals surface area (Å²) in [5.41, 5.74) is 2.84. The molecule has 1 N–H and O–H groups in total. The van der Waals surface area contributed by atoms with Gasteiger partial charge in [-0.1, -0.05) is 0 Å². The van der Waals surface area contributed by atoms with Crippen molar-refractivity contribution in [3.8, 4) is 11.3 Å². The zero-order valence-corrected chi connectivity index (χ0v) is 12.5. The van der Waals surface area contributed by atoms with Crippen LogP contribution < -0.4 is 5.32 Å². The van der Waals surface area contributed by atoms with E-state index >= 15 is 0 Å². The van der Waals surface area contributed by atoms with Gasteiger partial charge in [-0.25, -0.2) is 19.9 Å². The van der Waals surface area contributed by atoms with Crippen molar-refractivity contribution in [2.24, 2.45) is 0 Å². The van der Waals surface area contributed by atoms with Gasteiger partial charge in [0.2, 0.25) is 0 Å². The van der Waals surface area contributed by atoms with Crippen molar-refractivity contribution in [2.45, 2.75) is 20.4 Å². The molecule has 0 amide bonds. The predicted octanol–water partition coefficient (Wildman–Crippen LogP) is 2.56. The average Bonchev–Trinajstić information content (AvgIpc) is 2.55. The minimum atomic E-state index is 0.517. The van der Waals surface area contributed by atoms with E-state index in [9.17, 15) is 0 Å². The van der Waals surface area contributed by atoms with Crippen LogP contribution in [0.25, 0.3) is 11.3 Å². The number of pyridine rings is 1. The van der Waals surface area contributed by atoms with Crippen LogP contribution in [0.5, 0.6) is 0 Å². The van der Waals surface area contributed by atoms with Crippen LogP contribution in [0.2, 0.25) is 0 Å². The van der Waals surface area contributed by atoms with Crippen molar-refractivity contribution < 1.29 is 0 Å². The Hall–Kier alpha value is -2.89. The van der Waals surface area contributed by atoms with Crippen molar-refractivity contribution in [1.29, 1.82) is 0 Å². The summed E-state index contributed by atoms with van der Waals surface area (Å²) in [7, 11) is 0. The van der Waals surface area contributed by atoms with Gasteiger partial charge in [0.05, 0.1) is 12.2 Å². The summed E-state index contributed by atoms with van der Waals surface area (Å²) in [5.74, 6) is 2.17. The van der Waals surface area contributed by atoms with Gasteiger partial charge in [-0.15, -0.1) is 0 Å². The molecule has 0 saturated heterocycles. The van der Waals surface area contributed by atoms with Gasteiger partial charge in [0.25, 0.3) is 0 Å². The van der Waals surface area contributed by atoms with Gasteiger partial charge < -0.3 is 5.32 Å². The average molecular weight is 292 g/mol. The fraction of sp³-hybridized carbons (Fsp3) is 0.188. The number of nitrogens with one attached hydrogen (secondary N) is 1. The lowest BCUT2D eigenvalue weighted by Crippen LogP contribution is -2.07. The van der Waals surface area contributed by atoms with Gasteiger partial charge in [0.1, 0.15) is 17.5 Å². The molecule has 0 spiro atoms. The molecule has 0 saturated carbocycles.